The van der Waals surface area contributed by atoms with Gasteiger partial charge in [-0.15, -0.1) is 0 Å². The van der Waals surface area contributed by atoms with Crippen molar-refractivity contribution in [3.63, 3.8) is 0 Å². The van der Waals surface area contributed by atoms with Crippen LogP contribution in [0.4, 0.5) is 0 Å². The van der Waals surface area contributed by atoms with Crippen LogP contribution in [-0.4, -0.2) is 48.8 Å². The lowest BCUT2D eigenvalue weighted by atomic mass is 9.75. The first-order valence-corrected chi connectivity index (χ1v) is 9.10. The zero-order valence-electron chi connectivity index (χ0n) is 14.1. The third kappa shape index (κ3) is 4.43. The highest BCUT2D eigenvalue weighted by atomic mass is 16.3. The minimum absolute atomic E-state index is 0.0782. The van der Waals surface area contributed by atoms with Gasteiger partial charge in [0.2, 0.25) is 0 Å². The highest BCUT2D eigenvalue weighted by Crippen LogP contribution is 2.37. The average Bonchev–Trinajstić information content (AvgIpc) is 2.61. The Balaban J connectivity index is 1.78. The summed E-state index contributed by atoms with van der Waals surface area (Å²) >= 11 is 0. The molecule has 2 aliphatic rings. The molecule has 1 aromatic rings. The van der Waals surface area contributed by atoms with E-state index >= 15 is 0 Å². The smallest absolute Gasteiger partial charge is 0.0540 e. The second-order valence-corrected chi connectivity index (χ2v) is 7.10. The number of hydrogen-bond donors (Lipinski definition) is 2. The van der Waals surface area contributed by atoms with Gasteiger partial charge in [-0.25, -0.2) is 0 Å². The van der Waals surface area contributed by atoms with E-state index in [4.69, 9.17) is 0 Å². The molecule has 0 radical (unpaired) electrons. The molecule has 0 aromatic heterocycles. The van der Waals surface area contributed by atoms with Gasteiger partial charge in [0, 0.05) is 32.7 Å². The van der Waals surface area contributed by atoms with Gasteiger partial charge < -0.3 is 15.3 Å². The predicted molar refractivity (Wildman–Crippen MR) is 96.5 cm³/mol. The Morgan fingerprint density at radius 1 is 1.22 bits per heavy atom. The molecule has 0 bridgehead atoms. The van der Waals surface area contributed by atoms with E-state index in [1.807, 2.05) is 6.08 Å². The highest BCUT2D eigenvalue weighted by molar-refractivity contribution is 5.48. The summed E-state index contributed by atoms with van der Waals surface area (Å²) in [6, 6.07) is 8.88. The maximum atomic E-state index is 9.85. The van der Waals surface area contributed by atoms with Crippen LogP contribution in [0.2, 0.25) is 0 Å². The van der Waals surface area contributed by atoms with Crippen LogP contribution < -0.4 is 5.32 Å². The lowest BCUT2D eigenvalue weighted by molar-refractivity contribution is 0.0932. The Morgan fingerprint density at radius 2 is 1.96 bits per heavy atom. The zero-order valence-corrected chi connectivity index (χ0v) is 14.1. The van der Waals surface area contributed by atoms with Gasteiger partial charge in [-0.05, 0) is 48.6 Å². The van der Waals surface area contributed by atoms with Crippen LogP contribution in [-0.2, 0) is 0 Å². The fourth-order valence-corrected chi connectivity index (χ4v) is 4.12. The van der Waals surface area contributed by atoms with E-state index in [1.54, 1.807) is 0 Å². The first kappa shape index (κ1) is 16.7. The van der Waals surface area contributed by atoms with Crippen LogP contribution in [0.1, 0.15) is 42.7 Å². The van der Waals surface area contributed by atoms with Crippen molar-refractivity contribution in [2.45, 2.75) is 37.7 Å². The SMILES string of the molecule is C=Cc1cccc(C(CN2CCNCC2)C2CCC(O)CC2)c1. The molecule has 0 spiro atoms. The molecule has 3 heteroatoms. The maximum Gasteiger partial charge on any atom is 0.0540 e. The Labute approximate surface area is 140 Å². The molecule has 3 nitrogen and oxygen atoms in total. The van der Waals surface area contributed by atoms with Gasteiger partial charge in [0.15, 0.2) is 0 Å². The van der Waals surface area contributed by atoms with E-state index in [-0.39, 0.29) is 6.10 Å². The molecular weight excluding hydrogens is 284 g/mol. The molecule has 1 unspecified atom stereocenters. The standard InChI is InChI=1S/C20H30N2O/c1-2-16-4-3-5-18(14-16)20(15-22-12-10-21-11-13-22)17-6-8-19(23)9-7-17/h2-5,14,17,19-21,23H,1,6-13,15H2. The molecule has 1 aliphatic carbocycles. The van der Waals surface area contributed by atoms with Crippen molar-refractivity contribution in [1.82, 2.24) is 10.2 Å². The van der Waals surface area contributed by atoms with Crippen LogP contribution >= 0.6 is 0 Å². The molecule has 1 saturated carbocycles. The third-order valence-corrected chi connectivity index (χ3v) is 5.55. The van der Waals surface area contributed by atoms with Crippen LogP contribution in [0.25, 0.3) is 6.08 Å². The molecule has 2 N–H and O–H groups in total. The molecule has 1 heterocycles. The van der Waals surface area contributed by atoms with Crippen LogP contribution in [0.15, 0.2) is 30.8 Å². The number of aliphatic hydroxyl groups is 1. The van der Waals surface area contributed by atoms with Crippen LogP contribution in [0, 0.1) is 5.92 Å². The number of piperazine rings is 1. The molecule has 2 fully saturated rings. The van der Waals surface area contributed by atoms with Crippen molar-refractivity contribution >= 4 is 6.08 Å². The summed E-state index contributed by atoms with van der Waals surface area (Å²) < 4.78 is 0. The van der Waals surface area contributed by atoms with Crippen molar-refractivity contribution < 1.29 is 5.11 Å². The Kier molecular flexibility index (Phi) is 5.87. The summed E-state index contributed by atoms with van der Waals surface area (Å²) in [5, 5.41) is 13.3. The Hall–Kier alpha value is -1.16. The third-order valence-electron chi connectivity index (χ3n) is 5.55. The molecule has 0 amide bonds. The fourth-order valence-electron chi connectivity index (χ4n) is 4.12. The van der Waals surface area contributed by atoms with E-state index in [1.165, 1.54) is 11.1 Å². The average molecular weight is 314 g/mol. The van der Waals surface area contributed by atoms with Gasteiger partial charge in [0.05, 0.1) is 6.10 Å². The van der Waals surface area contributed by atoms with E-state index in [0.29, 0.717) is 11.8 Å². The van der Waals surface area contributed by atoms with Crippen LogP contribution in [0.5, 0.6) is 0 Å². The van der Waals surface area contributed by atoms with Gasteiger partial charge in [-0.3, -0.25) is 0 Å². The monoisotopic (exact) mass is 314 g/mol. The second kappa shape index (κ2) is 8.09. The van der Waals surface area contributed by atoms with Gasteiger partial charge in [0.25, 0.3) is 0 Å². The lowest BCUT2D eigenvalue weighted by Gasteiger charge is -2.37. The minimum atomic E-state index is -0.0782. The molecule has 1 aromatic carbocycles. The van der Waals surface area contributed by atoms with Gasteiger partial charge in [-0.1, -0.05) is 36.9 Å². The normalized spacial score (nSPS) is 27.5. The summed E-state index contributed by atoms with van der Waals surface area (Å²) in [6.45, 7) is 9.55. The summed E-state index contributed by atoms with van der Waals surface area (Å²) in [6.07, 6.45) is 6.08. The molecule has 23 heavy (non-hydrogen) atoms. The van der Waals surface area contributed by atoms with Crippen molar-refractivity contribution in [3.05, 3.63) is 42.0 Å². The van der Waals surface area contributed by atoms with Gasteiger partial charge >= 0.3 is 0 Å². The largest absolute Gasteiger partial charge is 0.393 e. The minimum Gasteiger partial charge on any atom is -0.393 e. The summed E-state index contributed by atoms with van der Waals surface area (Å²) in [7, 11) is 0. The molecule has 1 aliphatic heterocycles. The van der Waals surface area contributed by atoms with Gasteiger partial charge in [0.1, 0.15) is 0 Å². The quantitative estimate of drug-likeness (QED) is 0.877. The molecule has 1 saturated heterocycles. The van der Waals surface area contributed by atoms with Crippen molar-refractivity contribution in [3.8, 4) is 0 Å². The number of rotatable bonds is 5. The predicted octanol–water partition coefficient (Wildman–Crippen LogP) is 2.87. The maximum absolute atomic E-state index is 9.85. The van der Waals surface area contributed by atoms with E-state index in [9.17, 15) is 5.11 Å². The van der Waals surface area contributed by atoms with Crippen molar-refractivity contribution in [1.29, 1.82) is 0 Å². The molecule has 1 atom stereocenters. The Morgan fingerprint density at radius 3 is 2.65 bits per heavy atom. The van der Waals surface area contributed by atoms with Gasteiger partial charge in [-0.2, -0.15) is 0 Å². The van der Waals surface area contributed by atoms with Crippen molar-refractivity contribution in [2.24, 2.45) is 5.92 Å². The van der Waals surface area contributed by atoms with E-state index in [0.717, 1.165) is 58.4 Å². The number of nitrogens with zero attached hydrogens (tertiary/aromatic N) is 1. The first-order valence-electron chi connectivity index (χ1n) is 9.10. The van der Waals surface area contributed by atoms with Crippen LogP contribution in [0.3, 0.4) is 0 Å². The Bertz CT molecular complexity index is 502. The molecular formula is C20H30N2O. The van der Waals surface area contributed by atoms with Crippen molar-refractivity contribution in [2.75, 3.05) is 32.7 Å². The summed E-state index contributed by atoms with van der Waals surface area (Å²) in [4.78, 5) is 2.60. The highest BCUT2D eigenvalue weighted by Gasteiger charge is 2.29. The summed E-state index contributed by atoms with van der Waals surface area (Å²) in [5.41, 5.74) is 2.66. The number of hydrogen-bond acceptors (Lipinski definition) is 3. The topological polar surface area (TPSA) is 35.5 Å². The zero-order chi connectivity index (χ0) is 16.1. The number of nitrogens with one attached hydrogen (secondary N) is 1. The summed E-state index contributed by atoms with van der Waals surface area (Å²) in [5.74, 6) is 1.26. The number of aliphatic hydroxyl groups excluding tert-OH is 1. The van der Waals surface area contributed by atoms with E-state index in [2.05, 4.69) is 41.1 Å². The fraction of sp³-hybridized carbons (Fsp3) is 0.600. The number of benzene rings is 1. The molecule has 3 rings (SSSR count). The van der Waals surface area contributed by atoms with E-state index < -0.39 is 0 Å². The first-order chi connectivity index (χ1) is 11.3. The molecule has 126 valence electrons. The second-order valence-electron chi connectivity index (χ2n) is 7.10. The lowest BCUT2D eigenvalue weighted by Crippen LogP contribution is -2.46.